The summed E-state index contributed by atoms with van der Waals surface area (Å²) in [5.41, 5.74) is -0.198. The molecule has 15 heavy (non-hydrogen) atoms. The Morgan fingerprint density at radius 3 is 3.07 bits per heavy atom. The van der Waals surface area contributed by atoms with Crippen LogP contribution >= 0.6 is 11.3 Å². The highest BCUT2D eigenvalue weighted by atomic mass is 32.1. The first-order valence-electron chi connectivity index (χ1n) is 4.52. The van der Waals surface area contributed by atoms with Gasteiger partial charge >= 0.3 is 0 Å². The third-order valence-corrected chi connectivity index (χ3v) is 2.66. The first-order valence-corrected chi connectivity index (χ1v) is 5.40. The smallest absolute Gasteiger partial charge is 0.290 e. The van der Waals surface area contributed by atoms with Crippen LogP contribution < -0.4 is 10.9 Å². The standard InChI is InChI=1S/C9H10N4OS/c14-9-8(12-3-4-13-9)11-2-1-7-10-5-6-15-7/h3-6H,1-2H2,(H,11,12)(H,13,14). The van der Waals surface area contributed by atoms with Gasteiger partial charge in [-0.3, -0.25) is 4.79 Å². The van der Waals surface area contributed by atoms with E-state index in [1.165, 1.54) is 6.20 Å². The predicted octanol–water partition coefficient (Wildman–Crippen LogP) is 0.881. The van der Waals surface area contributed by atoms with Crippen LogP contribution in [-0.4, -0.2) is 21.5 Å². The number of rotatable bonds is 4. The molecule has 0 atom stereocenters. The highest BCUT2D eigenvalue weighted by Crippen LogP contribution is 2.04. The summed E-state index contributed by atoms with van der Waals surface area (Å²) in [4.78, 5) is 21.8. The molecule has 0 aliphatic heterocycles. The van der Waals surface area contributed by atoms with Crippen LogP contribution in [0.25, 0.3) is 0 Å². The lowest BCUT2D eigenvalue weighted by atomic mass is 10.4. The predicted molar refractivity (Wildman–Crippen MR) is 59.2 cm³/mol. The van der Waals surface area contributed by atoms with Gasteiger partial charge in [0.15, 0.2) is 5.82 Å². The molecule has 78 valence electrons. The van der Waals surface area contributed by atoms with Crippen LogP contribution in [0.3, 0.4) is 0 Å². The summed E-state index contributed by atoms with van der Waals surface area (Å²) >= 11 is 1.60. The summed E-state index contributed by atoms with van der Waals surface area (Å²) in [5.74, 6) is 0.356. The van der Waals surface area contributed by atoms with Crippen LogP contribution in [-0.2, 0) is 6.42 Å². The minimum Gasteiger partial charge on any atom is -0.365 e. The lowest BCUT2D eigenvalue weighted by molar-refractivity contribution is 0.975. The third-order valence-electron chi connectivity index (χ3n) is 1.82. The third kappa shape index (κ3) is 2.63. The number of hydrogen-bond donors (Lipinski definition) is 2. The Bertz CT molecular complexity index is 465. The number of aromatic nitrogens is 3. The van der Waals surface area contributed by atoms with Crippen LogP contribution in [0.4, 0.5) is 5.82 Å². The highest BCUT2D eigenvalue weighted by molar-refractivity contribution is 7.09. The zero-order valence-corrected chi connectivity index (χ0v) is 8.75. The van der Waals surface area contributed by atoms with Crippen LogP contribution in [0.5, 0.6) is 0 Å². The van der Waals surface area contributed by atoms with E-state index >= 15 is 0 Å². The Kier molecular flexibility index (Phi) is 3.08. The van der Waals surface area contributed by atoms with Gasteiger partial charge in [0.25, 0.3) is 5.56 Å². The van der Waals surface area contributed by atoms with E-state index in [1.54, 1.807) is 23.7 Å². The molecule has 0 saturated heterocycles. The van der Waals surface area contributed by atoms with E-state index in [2.05, 4.69) is 20.3 Å². The second-order valence-corrected chi connectivity index (χ2v) is 3.85. The number of thiazole rings is 1. The molecular formula is C9H10N4OS. The molecule has 5 nitrogen and oxygen atoms in total. The summed E-state index contributed by atoms with van der Waals surface area (Å²) in [6.45, 7) is 0.660. The van der Waals surface area contributed by atoms with E-state index in [-0.39, 0.29) is 5.56 Å². The van der Waals surface area contributed by atoms with Crippen molar-refractivity contribution in [1.29, 1.82) is 0 Å². The maximum Gasteiger partial charge on any atom is 0.290 e. The largest absolute Gasteiger partial charge is 0.365 e. The molecule has 6 heteroatoms. The molecule has 0 bridgehead atoms. The summed E-state index contributed by atoms with van der Waals surface area (Å²) in [5, 5.41) is 5.95. The van der Waals surface area contributed by atoms with Crippen molar-refractivity contribution in [2.75, 3.05) is 11.9 Å². The normalized spacial score (nSPS) is 10.1. The molecule has 0 radical (unpaired) electrons. The number of hydrogen-bond acceptors (Lipinski definition) is 5. The van der Waals surface area contributed by atoms with E-state index in [4.69, 9.17) is 0 Å². The van der Waals surface area contributed by atoms with Crippen molar-refractivity contribution in [2.45, 2.75) is 6.42 Å². The SMILES string of the molecule is O=c1[nH]ccnc1NCCc1nccs1. The van der Waals surface area contributed by atoms with Gasteiger partial charge in [-0.1, -0.05) is 0 Å². The second kappa shape index (κ2) is 4.70. The molecule has 0 amide bonds. The van der Waals surface area contributed by atoms with Crippen molar-refractivity contribution in [3.05, 3.63) is 39.3 Å². The Morgan fingerprint density at radius 1 is 1.40 bits per heavy atom. The van der Waals surface area contributed by atoms with E-state index in [1.807, 2.05) is 5.38 Å². The quantitative estimate of drug-likeness (QED) is 0.805. The van der Waals surface area contributed by atoms with E-state index < -0.39 is 0 Å². The maximum absolute atomic E-state index is 11.2. The molecule has 2 heterocycles. The molecule has 0 fully saturated rings. The first-order chi connectivity index (χ1) is 7.36. The fourth-order valence-electron chi connectivity index (χ4n) is 1.14. The number of aromatic amines is 1. The van der Waals surface area contributed by atoms with Crippen molar-refractivity contribution < 1.29 is 0 Å². The Hall–Kier alpha value is -1.69. The van der Waals surface area contributed by atoms with Crippen LogP contribution in [0.15, 0.2) is 28.8 Å². The Balaban J connectivity index is 1.89. The van der Waals surface area contributed by atoms with Gasteiger partial charge in [0.1, 0.15) is 0 Å². The molecule has 2 aromatic heterocycles. The van der Waals surface area contributed by atoms with Gasteiger partial charge in [-0.25, -0.2) is 9.97 Å². The van der Waals surface area contributed by atoms with Crippen molar-refractivity contribution in [1.82, 2.24) is 15.0 Å². The summed E-state index contributed by atoms with van der Waals surface area (Å²) < 4.78 is 0. The van der Waals surface area contributed by atoms with E-state index in [9.17, 15) is 4.79 Å². The van der Waals surface area contributed by atoms with E-state index in [0.29, 0.717) is 12.4 Å². The molecule has 0 aliphatic rings. The molecule has 0 saturated carbocycles. The van der Waals surface area contributed by atoms with Gasteiger partial charge in [0, 0.05) is 36.9 Å². The minimum absolute atomic E-state index is 0.198. The molecule has 0 aliphatic carbocycles. The zero-order chi connectivity index (χ0) is 10.5. The molecule has 0 unspecified atom stereocenters. The van der Waals surface area contributed by atoms with Gasteiger partial charge in [0.2, 0.25) is 0 Å². The molecule has 2 aromatic rings. The second-order valence-electron chi connectivity index (χ2n) is 2.87. The van der Waals surface area contributed by atoms with Crippen LogP contribution in [0.1, 0.15) is 5.01 Å². The number of nitrogens with zero attached hydrogens (tertiary/aromatic N) is 2. The van der Waals surface area contributed by atoms with Gasteiger partial charge in [-0.15, -0.1) is 11.3 Å². The topological polar surface area (TPSA) is 70.7 Å². The van der Waals surface area contributed by atoms with Gasteiger partial charge in [-0.2, -0.15) is 0 Å². The van der Waals surface area contributed by atoms with Gasteiger partial charge in [0.05, 0.1) is 5.01 Å². The van der Waals surface area contributed by atoms with E-state index in [0.717, 1.165) is 11.4 Å². The maximum atomic E-state index is 11.2. The monoisotopic (exact) mass is 222 g/mol. The number of anilines is 1. The summed E-state index contributed by atoms with van der Waals surface area (Å²) in [6.07, 6.45) is 5.63. The van der Waals surface area contributed by atoms with Crippen molar-refractivity contribution in [3.8, 4) is 0 Å². The molecule has 0 spiro atoms. The summed E-state index contributed by atoms with van der Waals surface area (Å²) in [6, 6.07) is 0. The average Bonchev–Trinajstić information content (AvgIpc) is 2.74. The lowest BCUT2D eigenvalue weighted by Gasteiger charge is -2.01. The molecular weight excluding hydrogens is 212 g/mol. The average molecular weight is 222 g/mol. The van der Waals surface area contributed by atoms with Crippen LogP contribution in [0, 0.1) is 0 Å². The van der Waals surface area contributed by atoms with Crippen molar-refractivity contribution >= 4 is 17.2 Å². The lowest BCUT2D eigenvalue weighted by Crippen LogP contribution is -2.17. The van der Waals surface area contributed by atoms with Gasteiger partial charge < -0.3 is 10.3 Å². The van der Waals surface area contributed by atoms with Crippen molar-refractivity contribution in [3.63, 3.8) is 0 Å². The molecule has 0 aromatic carbocycles. The highest BCUT2D eigenvalue weighted by Gasteiger charge is 1.99. The van der Waals surface area contributed by atoms with Crippen LogP contribution in [0.2, 0.25) is 0 Å². The zero-order valence-electron chi connectivity index (χ0n) is 7.93. The number of nitrogens with one attached hydrogen (secondary N) is 2. The fraction of sp³-hybridized carbons (Fsp3) is 0.222. The first kappa shape index (κ1) is 9.85. The Morgan fingerprint density at radius 2 is 2.33 bits per heavy atom. The fourth-order valence-corrected chi connectivity index (χ4v) is 1.76. The summed E-state index contributed by atoms with van der Waals surface area (Å²) in [7, 11) is 0. The minimum atomic E-state index is -0.198. The number of H-pyrrole nitrogens is 1. The van der Waals surface area contributed by atoms with Gasteiger partial charge in [-0.05, 0) is 0 Å². The van der Waals surface area contributed by atoms with Crippen molar-refractivity contribution in [2.24, 2.45) is 0 Å². The molecule has 2 rings (SSSR count). The Labute approximate surface area is 90.2 Å². The molecule has 2 N–H and O–H groups in total.